The highest BCUT2D eigenvalue weighted by Gasteiger charge is 2.28. The molecule has 0 bridgehead atoms. The molecule has 0 saturated carbocycles. The average molecular weight is 364 g/mol. The topological polar surface area (TPSA) is 176 Å². The molecule has 9 nitrogen and oxygen atoms in total. The van der Waals surface area contributed by atoms with Gasteiger partial charge in [0, 0.05) is 5.70 Å². The second-order valence-electron chi connectivity index (χ2n) is 4.71. The van der Waals surface area contributed by atoms with E-state index < -0.39 is 15.6 Å². The molecular weight excluding hydrogens is 346 g/mol. The van der Waals surface area contributed by atoms with Crippen LogP contribution in [-0.4, -0.2) is 19.6 Å². The van der Waals surface area contributed by atoms with Crippen molar-refractivity contribution in [3.05, 3.63) is 59.8 Å². The molecule has 1 aliphatic carbocycles. The Hall–Kier alpha value is -1.28. The van der Waals surface area contributed by atoms with E-state index in [1.54, 1.807) is 0 Å². The van der Waals surface area contributed by atoms with Gasteiger partial charge in [0.25, 0.3) is 0 Å². The zero-order valence-electron chi connectivity index (χ0n) is 11.9. The molecule has 1 aromatic carbocycles. The molecule has 2 rings (SSSR count). The number of nitrogens with two attached hydrogens (primary N) is 2. The molecule has 0 aliphatic heterocycles. The van der Waals surface area contributed by atoms with Gasteiger partial charge in [-0.2, -0.15) is 4.31 Å². The first-order valence-corrected chi connectivity index (χ1v) is 9.29. The van der Waals surface area contributed by atoms with Crippen molar-refractivity contribution in [2.75, 3.05) is 0 Å². The molecular formula is C12H18N2O7P2. The summed E-state index contributed by atoms with van der Waals surface area (Å²) in [5.74, 6) is 0. The van der Waals surface area contributed by atoms with E-state index in [0.717, 1.165) is 17.7 Å². The molecule has 23 heavy (non-hydrogen) atoms. The molecule has 0 spiro atoms. The molecule has 128 valence electrons. The predicted octanol–water partition coefficient (Wildman–Crippen LogP) is 0.831. The van der Waals surface area contributed by atoms with Crippen LogP contribution >= 0.6 is 15.6 Å². The lowest BCUT2D eigenvalue weighted by Crippen LogP contribution is -2.35. The maximum Gasteiger partial charge on any atom is 0.478 e. The third-order valence-corrected chi connectivity index (χ3v) is 4.47. The number of allylic oxidation sites excluding steroid dienone is 1. The molecule has 0 fully saturated rings. The fourth-order valence-electron chi connectivity index (χ4n) is 1.77. The third kappa shape index (κ3) is 7.69. The van der Waals surface area contributed by atoms with Crippen LogP contribution in [0.5, 0.6) is 0 Å². The lowest BCUT2D eigenvalue weighted by atomic mass is 9.84. The fourth-order valence-corrected chi connectivity index (χ4v) is 2.88. The highest BCUT2D eigenvalue weighted by molar-refractivity contribution is 7.60. The van der Waals surface area contributed by atoms with E-state index in [0.29, 0.717) is 0 Å². The van der Waals surface area contributed by atoms with Crippen molar-refractivity contribution in [2.45, 2.75) is 12.0 Å². The molecule has 0 saturated heterocycles. The SMILES string of the molecule is NC1=CCC(N)(c2ccccc2)C=C1.O=P(O)(O)OP(=O)(O)O. The van der Waals surface area contributed by atoms with Crippen LogP contribution in [0.2, 0.25) is 0 Å². The van der Waals surface area contributed by atoms with E-state index in [-0.39, 0.29) is 5.54 Å². The van der Waals surface area contributed by atoms with Crippen LogP contribution in [0.3, 0.4) is 0 Å². The van der Waals surface area contributed by atoms with Gasteiger partial charge in [0.05, 0.1) is 5.54 Å². The third-order valence-electron chi connectivity index (χ3n) is 2.77. The van der Waals surface area contributed by atoms with E-state index in [1.807, 2.05) is 48.6 Å². The summed E-state index contributed by atoms with van der Waals surface area (Å²) in [7, 11) is -10.1. The predicted molar refractivity (Wildman–Crippen MR) is 83.5 cm³/mol. The van der Waals surface area contributed by atoms with Crippen molar-refractivity contribution in [1.82, 2.24) is 0 Å². The zero-order valence-corrected chi connectivity index (χ0v) is 13.7. The van der Waals surface area contributed by atoms with Crippen molar-refractivity contribution >= 4 is 15.6 Å². The number of hydrogen-bond donors (Lipinski definition) is 6. The minimum atomic E-state index is -5.05. The van der Waals surface area contributed by atoms with E-state index in [9.17, 15) is 9.13 Å². The Balaban J connectivity index is 0.000000257. The van der Waals surface area contributed by atoms with Gasteiger partial charge in [0.2, 0.25) is 0 Å². The normalized spacial score (nSPS) is 21.2. The highest BCUT2D eigenvalue weighted by Crippen LogP contribution is 2.53. The molecule has 8 N–H and O–H groups in total. The summed E-state index contributed by atoms with van der Waals surface area (Å²) in [6.45, 7) is 0. The van der Waals surface area contributed by atoms with Gasteiger partial charge in [-0.15, -0.1) is 0 Å². The van der Waals surface area contributed by atoms with Gasteiger partial charge in [-0.25, -0.2) is 9.13 Å². The molecule has 1 atom stereocenters. The molecule has 1 aliphatic rings. The monoisotopic (exact) mass is 364 g/mol. The van der Waals surface area contributed by atoms with Gasteiger partial charge in [0.1, 0.15) is 0 Å². The van der Waals surface area contributed by atoms with Crippen molar-refractivity contribution in [3.8, 4) is 0 Å². The van der Waals surface area contributed by atoms with Crippen LogP contribution in [0.15, 0.2) is 54.3 Å². The second kappa shape index (κ2) is 7.53. The first-order valence-electron chi connectivity index (χ1n) is 6.23. The summed E-state index contributed by atoms with van der Waals surface area (Å²) >= 11 is 0. The van der Waals surface area contributed by atoms with Gasteiger partial charge in [0.15, 0.2) is 0 Å². The number of benzene rings is 1. The van der Waals surface area contributed by atoms with E-state index in [1.165, 1.54) is 0 Å². The van der Waals surface area contributed by atoms with Gasteiger partial charge >= 0.3 is 15.6 Å². The minimum absolute atomic E-state index is 0.385. The molecule has 11 heteroatoms. The molecule has 0 aromatic heterocycles. The lowest BCUT2D eigenvalue weighted by Gasteiger charge is -2.27. The van der Waals surface area contributed by atoms with Crippen molar-refractivity contribution in [3.63, 3.8) is 0 Å². The van der Waals surface area contributed by atoms with Gasteiger partial charge in [-0.3, -0.25) is 0 Å². The highest BCUT2D eigenvalue weighted by atomic mass is 31.3. The van der Waals surface area contributed by atoms with Crippen LogP contribution in [0, 0.1) is 0 Å². The van der Waals surface area contributed by atoms with Gasteiger partial charge in [-0.05, 0) is 18.1 Å². The molecule has 0 radical (unpaired) electrons. The Labute approximate surface area is 132 Å². The van der Waals surface area contributed by atoms with Crippen LogP contribution in [-0.2, 0) is 19.0 Å². The summed E-state index contributed by atoms with van der Waals surface area (Å²) < 4.78 is 22.2. The van der Waals surface area contributed by atoms with E-state index in [4.69, 9.17) is 31.0 Å². The minimum Gasteiger partial charge on any atom is -0.399 e. The van der Waals surface area contributed by atoms with Gasteiger partial charge in [-0.1, -0.05) is 42.5 Å². The quantitative estimate of drug-likeness (QED) is 0.424. The van der Waals surface area contributed by atoms with Crippen molar-refractivity contribution in [2.24, 2.45) is 11.5 Å². The van der Waals surface area contributed by atoms with Crippen molar-refractivity contribution < 1.29 is 33.0 Å². The summed E-state index contributed by atoms with van der Waals surface area (Å²) in [6, 6.07) is 10.1. The molecule has 1 aromatic rings. The number of hydrogen-bond acceptors (Lipinski definition) is 5. The molecule has 0 heterocycles. The zero-order chi connectivity index (χ0) is 17.7. The van der Waals surface area contributed by atoms with Crippen LogP contribution in [0.1, 0.15) is 12.0 Å². The number of phosphoric acid groups is 2. The van der Waals surface area contributed by atoms with E-state index in [2.05, 4.69) is 4.31 Å². The summed E-state index contributed by atoms with van der Waals surface area (Å²) in [6.07, 6.45) is 6.57. The van der Waals surface area contributed by atoms with Crippen LogP contribution in [0.4, 0.5) is 0 Å². The number of rotatable bonds is 3. The van der Waals surface area contributed by atoms with E-state index >= 15 is 0 Å². The summed E-state index contributed by atoms with van der Waals surface area (Å²) in [5.41, 5.74) is 13.4. The Morgan fingerprint density at radius 2 is 1.57 bits per heavy atom. The Bertz CT molecular complexity index is 660. The molecule has 1 unspecified atom stereocenters. The maximum atomic E-state index is 9.63. The Morgan fingerprint density at radius 1 is 1.04 bits per heavy atom. The molecule has 0 amide bonds. The van der Waals surface area contributed by atoms with Crippen molar-refractivity contribution in [1.29, 1.82) is 0 Å². The second-order valence-corrected chi connectivity index (χ2v) is 7.33. The largest absolute Gasteiger partial charge is 0.478 e. The summed E-state index contributed by atoms with van der Waals surface area (Å²) in [4.78, 5) is 31.0. The summed E-state index contributed by atoms with van der Waals surface area (Å²) in [5, 5.41) is 0. The smallest absolute Gasteiger partial charge is 0.399 e. The van der Waals surface area contributed by atoms with Gasteiger partial charge < -0.3 is 31.0 Å². The van der Waals surface area contributed by atoms with Crippen LogP contribution < -0.4 is 11.5 Å². The first-order chi connectivity index (χ1) is 10.4. The Kier molecular flexibility index (Phi) is 6.47. The lowest BCUT2D eigenvalue weighted by molar-refractivity contribution is 0.225. The maximum absolute atomic E-state index is 9.63. The standard InChI is InChI=1S/C12H14N2.H4O7P2/c13-11-6-8-12(14,9-7-11)10-4-2-1-3-5-10;1-8(2,3)7-9(4,5)6/h1-8H,9,13-14H2;(H2,1,2,3)(H2,4,5,6). The fraction of sp³-hybridized carbons (Fsp3) is 0.167. The Morgan fingerprint density at radius 3 is 1.91 bits per heavy atom. The van der Waals surface area contributed by atoms with Crippen LogP contribution in [0.25, 0.3) is 0 Å². The average Bonchev–Trinajstić information content (AvgIpc) is 2.40. The first kappa shape index (κ1) is 19.8.